The number of aromatic nitrogens is 1. The summed E-state index contributed by atoms with van der Waals surface area (Å²) in [5.41, 5.74) is 3.94. The molecule has 0 bridgehead atoms. The van der Waals surface area contributed by atoms with E-state index in [1.165, 1.54) is 11.8 Å². The Morgan fingerprint density at radius 3 is 2.42 bits per heavy atom. The summed E-state index contributed by atoms with van der Waals surface area (Å²) in [6, 6.07) is 21.5. The molecule has 0 unspecified atom stereocenters. The average Bonchev–Trinajstić information content (AvgIpc) is 3.56. The summed E-state index contributed by atoms with van der Waals surface area (Å²) >= 11 is 17.1. The van der Waals surface area contributed by atoms with E-state index in [9.17, 15) is 4.79 Å². The van der Waals surface area contributed by atoms with Crippen molar-refractivity contribution in [2.75, 3.05) is 26.2 Å². The predicted octanol–water partition coefficient (Wildman–Crippen LogP) is 8.17. The molecule has 2 aliphatic rings. The fourth-order valence-corrected chi connectivity index (χ4v) is 8.79. The Labute approximate surface area is 287 Å². The van der Waals surface area contributed by atoms with Gasteiger partial charge in [-0.2, -0.15) is 0 Å². The number of nitrogens with zero attached hydrogens (tertiary/aromatic N) is 3. The van der Waals surface area contributed by atoms with Gasteiger partial charge in [0.05, 0.1) is 17.5 Å². The Balaban J connectivity index is 1.46. The summed E-state index contributed by atoms with van der Waals surface area (Å²) in [5.74, 6) is -0.0453. The SMILES string of the molecule is CCCC(=S)N1CCN(C(=O)[C@]2(Sc3ccc(C)cc3)CC(=O)N(Cc3ccc(Br)cc3)[C@H]2c2c[nH]c3cc(Cl)ccc23)CC1. The highest BCUT2D eigenvalue weighted by Crippen LogP contribution is 2.55. The molecule has 2 saturated heterocycles. The maximum absolute atomic E-state index is 15.1. The maximum Gasteiger partial charge on any atom is 0.242 e. The highest BCUT2D eigenvalue weighted by Gasteiger charge is 2.59. The number of halogens is 2. The molecule has 0 saturated carbocycles. The molecule has 0 aliphatic carbocycles. The molecule has 2 fully saturated rings. The van der Waals surface area contributed by atoms with Crippen LogP contribution in [0, 0.1) is 6.92 Å². The van der Waals surface area contributed by atoms with E-state index < -0.39 is 10.8 Å². The minimum Gasteiger partial charge on any atom is -0.363 e. The van der Waals surface area contributed by atoms with Gasteiger partial charge in [0.25, 0.3) is 0 Å². The average molecular weight is 724 g/mol. The topological polar surface area (TPSA) is 59.7 Å². The first-order chi connectivity index (χ1) is 21.7. The number of hydrogen-bond acceptors (Lipinski definition) is 4. The number of amides is 2. The number of carbonyl (C=O) groups excluding carboxylic acids is 2. The molecule has 0 radical (unpaired) electrons. The molecule has 10 heteroatoms. The highest BCUT2D eigenvalue weighted by atomic mass is 79.9. The monoisotopic (exact) mass is 722 g/mol. The van der Waals surface area contributed by atoms with Crippen molar-refractivity contribution in [2.24, 2.45) is 0 Å². The quantitative estimate of drug-likeness (QED) is 0.186. The Hall–Kier alpha value is -2.85. The summed E-state index contributed by atoms with van der Waals surface area (Å²) < 4.78 is -0.121. The third-order valence-corrected chi connectivity index (χ3v) is 11.4. The highest BCUT2D eigenvalue weighted by molar-refractivity contribution is 9.10. The van der Waals surface area contributed by atoms with Crippen LogP contribution in [-0.2, 0) is 16.1 Å². The Bertz CT molecular complexity index is 1720. The van der Waals surface area contributed by atoms with Crippen LogP contribution in [0.3, 0.4) is 0 Å². The molecule has 6 rings (SSSR count). The van der Waals surface area contributed by atoms with Crippen LogP contribution in [0.15, 0.2) is 82.3 Å². The number of nitrogens with one attached hydrogen (secondary N) is 1. The van der Waals surface area contributed by atoms with Crippen LogP contribution < -0.4 is 0 Å². The van der Waals surface area contributed by atoms with Gasteiger partial charge in [-0.15, -0.1) is 11.8 Å². The molecular weight excluding hydrogens is 688 g/mol. The van der Waals surface area contributed by atoms with E-state index in [1.54, 1.807) is 0 Å². The lowest BCUT2D eigenvalue weighted by atomic mass is 9.90. The van der Waals surface area contributed by atoms with E-state index in [0.29, 0.717) is 37.7 Å². The summed E-state index contributed by atoms with van der Waals surface area (Å²) in [6.07, 6.45) is 3.93. The second-order valence-electron chi connectivity index (χ2n) is 11.9. The van der Waals surface area contributed by atoms with Crippen molar-refractivity contribution in [3.05, 3.63) is 99.1 Å². The van der Waals surface area contributed by atoms with Crippen LogP contribution in [0.25, 0.3) is 10.9 Å². The lowest BCUT2D eigenvalue weighted by Gasteiger charge is -2.43. The molecule has 1 aromatic heterocycles. The molecule has 234 valence electrons. The lowest BCUT2D eigenvalue weighted by Crippen LogP contribution is -2.56. The second kappa shape index (κ2) is 13.5. The number of fused-ring (bicyclic) bond motifs is 1. The van der Waals surface area contributed by atoms with Crippen molar-refractivity contribution in [3.8, 4) is 0 Å². The van der Waals surface area contributed by atoms with Crippen molar-refractivity contribution >= 4 is 79.2 Å². The summed E-state index contributed by atoms with van der Waals surface area (Å²) in [7, 11) is 0. The van der Waals surface area contributed by atoms with Gasteiger partial charge in [-0.05, 0) is 61.7 Å². The fourth-order valence-electron chi connectivity index (χ4n) is 6.49. The van der Waals surface area contributed by atoms with Crippen molar-refractivity contribution < 1.29 is 9.59 Å². The predicted molar refractivity (Wildman–Crippen MR) is 191 cm³/mol. The van der Waals surface area contributed by atoms with Gasteiger partial charge >= 0.3 is 0 Å². The van der Waals surface area contributed by atoms with Crippen LogP contribution in [-0.4, -0.2) is 67.4 Å². The number of benzene rings is 3. The van der Waals surface area contributed by atoms with Crippen LogP contribution >= 0.6 is 51.5 Å². The first-order valence-electron chi connectivity index (χ1n) is 15.3. The van der Waals surface area contributed by atoms with Crippen LogP contribution in [0.5, 0.6) is 0 Å². The lowest BCUT2D eigenvalue weighted by molar-refractivity contribution is -0.136. The third kappa shape index (κ3) is 6.55. The first kappa shape index (κ1) is 32.1. The summed E-state index contributed by atoms with van der Waals surface area (Å²) in [4.78, 5) is 40.8. The van der Waals surface area contributed by atoms with E-state index in [1.807, 2.05) is 58.5 Å². The molecule has 3 heterocycles. The second-order valence-corrected chi connectivity index (χ2v) is 15.1. The number of thioether (sulfide) groups is 1. The fraction of sp³-hybridized carbons (Fsp3) is 0.343. The van der Waals surface area contributed by atoms with Crippen molar-refractivity contribution in [2.45, 2.75) is 55.3 Å². The first-order valence-corrected chi connectivity index (χ1v) is 17.7. The van der Waals surface area contributed by atoms with E-state index in [-0.39, 0.29) is 18.2 Å². The number of H-pyrrole nitrogens is 1. The van der Waals surface area contributed by atoms with Gasteiger partial charge in [0.15, 0.2) is 0 Å². The van der Waals surface area contributed by atoms with Crippen molar-refractivity contribution in [1.29, 1.82) is 0 Å². The molecule has 2 atom stereocenters. The van der Waals surface area contributed by atoms with E-state index >= 15 is 4.79 Å². The summed E-state index contributed by atoms with van der Waals surface area (Å²) in [6.45, 7) is 7.10. The van der Waals surface area contributed by atoms with Crippen LogP contribution in [0.2, 0.25) is 5.02 Å². The van der Waals surface area contributed by atoms with Gasteiger partial charge < -0.3 is 19.7 Å². The molecule has 2 aliphatic heterocycles. The maximum atomic E-state index is 15.1. The minimum absolute atomic E-state index is 0.00546. The number of rotatable bonds is 8. The zero-order chi connectivity index (χ0) is 31.7. The molecule has 4 aromatic rings. The molecular formula is C35H36BrClN4O2S2. The Morgan fingerprint density at radius 2 is 1.73 bits per heavy atom. The molecule has 45 heavy (non-hydrogen) atoms. The van der Waals surface area contributed by atoms with E-state index in [0.717, 1.165) is 54.8 Å². The number of thiocarbonyl (C=S) groups is 1. The Morgan fingerprint density at radius 1 is 1.04 bits per heavy atom. The van der Waals surface area contributed by atoms with Gasteiger partial charge in [-0.25, -0.2) is 0 Å². The molecule has 3 aromatic carbocycles. The van der Waals surface area contributed by atoms with Gasteiger partial charge in [0.2, 0.25) is 11.8 Å². The van der Waals surface area contributed by atoms with E-state index in [2.05, 4.69) is 63.9 Å². The minimum atomic E-state index is -1.09. The number of likely N-dealkylation sites (tertiary alicyclic amines) is 1. The zero-order valence-electron chi connectivity index (χ0n) is 25.4. The van der Waals surface area contributed by atoms with Crippen LogP contribution in [0.1, 0.15) is 48.9 Å². The van der Waals surface area contributed by atoms with Gasteiger partial charge in [0, 0.05) is 69.8 Å². The standard InChI is InChI=1S/C35H36BrClN4O2S2/c1-3-4-32(44)39-15-17-40(18-16-39)34(43)35(45-27-12-5-23(2)6-13-27)20-31(42)41(22-24-7-9-25(36)10-8-24)33(35)29-21-38-30-19-26(37)11-14-28(29)30/h5-14,19,21,33,38H,3-4,15-18,20,22H2,1-2H3/t33-,35-/m0/s1. The molecule has 1 N–H and O–H groups in total. The van der Waals surface area contributed by atoms with Crippen molar-refractivity contribution in [3.63, 3.8) is 0 Å². The van der Waals surface area contributed by atoms with Crippen molar-refractivity contribution in [1.82, 2.24) is 19.7 Å². The largest absolute Gasteiger partial charge is 0.363 e. The molecule has 0 spiro atoms. The third-order valence-electron chi connectivity index (χ3n) is 8.79. The number of hydrogen-bond donors (Lipinski definition) is 1. The number of aromatic amines is 1. The normalized spacial score (nSPS) is 20.3. The Kier molecular flexibility index (Phi) is 9.62. The van der Waals surface area contributed by atoms with Crippen LogP contribution in [0.4, 0.5) is 0 Å². The van der Waals surface area contributed by atoms with Gasteiger partial charge in [0.1, 0.15) is 4.75 Å². The number of carbonyl (C=O) groups is 2. The number of aryl methyl sites for hydroxylation is 1. The van der Waals surface area contributed by atoms with Gasteiger partial charge in [-0.3, -0.25) is 9.59 Å². The zero-order valence-corrected chi connectivity index (χ0v) is 29.4. The van der Waals surface area contributed by atoms with Gasteiger partial charge in [-0.1, -0.05) is 82.6 Å². The summed E-state index contributed by atoms with van der Waals surface area (Å²) in [5, 5.41) is 1.58. The van der Waals surface area contributed by atoms with E-state index in [4.69, 9.17) is 23.8 Å². The smallest absolute Gasteiger partial charge is 0.242 e. The molecule has 2 amide bonds. The number of piperazine rings is 1. The molecule has 6 nitrogen and oxygen atoms in total.